The first-order chi connectivity index (χ1) is 11.0. The smallest absolute Gasteiger partial charge is 0.325 e. The van der Waals surface area contributed by atoms with Gasteiger partial charge in [0.1, 0.15) is 12.3 Å². The molecule has 1 atom stereocenters. The highest BCUT2D eigenvalue weighted by atomic mass is 32.2. The molecule has 1 aromatic rings. The zero-order chi connectivity index (χ0) is 17.0. The lowest BCUT2D eigenvalue weighted by Gasteiger charge is -2.33. The molecule has 124 valence electrons. The van der Waals surface area contributed by atoms with Gasteiger partial charge < -0.3 is 9.47 Å². The van der Waals surface area contributed by atoms with E-state index in [1.165, 1.54) is 23.8 Å². The zero-order valence-corrected chi connectivity index (χ0v) is 14.6. The Kier molecular flexibility index (Phi) is 5.71. The maximum absolute atomic E-state index is 12.8. The van der Waals surface area contributed by atoms with Gasteiger partial charge in [-0.2, -0.15) is 0 Å². The van der Waals surface area contributed by atoms with E-state index < -0.39 is 5.97 Å². The second kappa shape index (κ2) is 7.55. The molecule has 0 unspecified atom stereocenters. The van der Waals surface area contributed by atoms with Gasteiger partial charge in [0.2, 0.25) is 5.91 Å². The number of methoxy groups -OCH3 is 2. The molecule has 0 saturated heterocycles. The molecule has 2 rings (SSSR count). The van der Waals surface area contributed by atoms with Crippen molar-refractivity contribution in [3.8, 4) is 5.75 Å². The van der Waals surface area contributed by atoms with Crippen LogP contribution in [0, 0.1) is 5.92 Å². The third kappa shape index (κ3) is 3.88. The van der Waals surface area contributed by atoms with Crippen molar-refractivity contribution in [2.75, 3.05) is 20.8 Å². The van der Waals surface area contributed by atoms with Crippen LogP contribution in [0.3, 0.4) is 0 Å². The molecule has 1 aliphatic heterocycles. The van der Waals surface area contributed by atoms with E-state index in [4.69, 9.17) is 9.47 Å². The molecule has 23 heavy (non-hydrogen) atoms. The van der Waals surface area contributed by atoms with Gasteiger partial charge in [-0.05, 0) is 41.2 Å². The van der Waals surface area contributed by atoms with Gasteiger partial charge in [0, 0.05) is 0 Å². The van der Waals surface area contributed by atoms with Gasteiger partial charge in [-0.15, -0.1) is 11.8 Å². The molecule has 0 fully saturated rings. The highest BCUT2D eigenvalue weighted by molar-refractivity contribution is 8.03. The van der Waals surface area contributed by atoms with E-state index in [0.717, 1.165) is 11.3 Å². The molecule has 0 N–H and O–H groups in total. The summed E-state index contributed by atoms with van der Waals surface area (Å²) in [4.78, 5) is 26.0. The predicted molar refractivity (Wildman–Crippen MR) is 90.9 cm³/mol. The van der Waals surface area contributed by atoms with Crippen molar-refractivity contribution in [1.82, 2.24) is 4.90 Å². The monoisotopic (exact) mass is 335 g/mol. The number of ether oxygens (including phenoxy) is 2. The first kappa shape index (κ1) is 17.4. The molecule has 1 aliphatic rings. The average molecular weight is 335 g/mol. The summed E-state index contributed by atoms with van der Waals surface area (Å²) in [6, 6.07) is 7.41. The lowest BCUT2D eigenvalue weighted by Crippen LogP contribution is -2.43. The van der Waals surface area contributed by atoms with Crippen LogP contribution < -0.4 is 4.74 Å². The standard InChI is InChI=1S/C17H21NO4S/c1-11(2)16-17(20)18(9-15(19)22-4)14(10-23-16)12-5-7-13(21-3)8-6-12/h5-8,10-11,16H,9H2,1-4H3/t16-/m0/s1. The third-order valence-corrected chi connectivity index (χ3v) is 5.03. The van der Waals surface area contributed by atoms with Crippen LogP contribution >= 0.6 is 11.8 Å². The Morgan fingerprint density at radius 1 is 1.26 bits per heavy atom. The fourth-order valence-electron chi connectivity index (χ4n) is 2.32. The lowest BCUT2D eigenvalue weighted by molar-refractivity contribution is -0.145. The van der Waals surface area contributed by atoms with Crippen molar-refractivity contribution in [2.45, 2.75) is 19.1 Å². The SMILES string of the molecule is COC(=O)CN1C(=O)[C@H](C(C)C)SC=C1c1ccc(OC)cc1. The Morgan fingerprint density at radius 3 is 2.43 bits per heavy atom. The first-order valence-corrected chi connectivity index (χ1v) is 8.30. The highest BCUT2D eigenvalue weighted by Gasteiger charge is 2.34. The van der Waals surface area contributed by atoms with Crippen LogP contribution in [0.1, 0.15) is 19.4 Å². The van der Waals surface area contributed by atoms with Crippen LogP contribution in [-0.4, -0.2) is 42.8 Å². The fourth-order valence-corrected chi connectivity index (χ4v) is 3.41. The third-order valence-electron chi connectivity index (χ3n) is 3.63. The van der Waals surface area contributed by atoms with Crippen molar-refractivity contribution < 1.29 is 19.1 Å². The summed E-state index contributed by atoms with van der Waals surface area (Å²) in [7, 11) is 2.92. The number of benzene rings is 1. The van der Waals surface area contributed by atoms with Crippen LogP contribution in [0.15, 0.2) is 29.7 Å². The van der Waals surface area contributed by atoms with Crippen LogP contribution in [-0.2, 0) is 14.3 Å². The lowest BCUT2D eigenvalue weighted by atomic mass is 10.1. The molecule has 1 amide bonds. The number of hydrogen-bond acceptors (Lipinski definition) is 5. The van der Waals surface area contributed by atoms with E-state index in [1.54, 1.807) is 7.11 Å². The molecule has 0 aromatic heterocycles. The Morgan fingerprint density at radius 2 is 1.91 bits per heavy atom. The number of nitrogens with zero attached hydrogens (tertiary/aromatic N) is 1. The van der Waals surface area contributed by atoms with Crippen LogP contribution in [0.5, 0.6) is 5.75 Å². The number of carbonyl (C=O) groups excluding carboxylic acids is 2. The van der Waals surface area contributed by atoms with Gasteiger partial charge in [-0.1, -0.05) is 13.8 Å². The number of rotatable bonds is 5. The summed E-state index contributed by atoms with van der Waals surface area (Å²) in [5.41, 5.74) is 1.57. The van der Waals surface area contributed by atoms with Crippen molar-refractivity contribution >= 4 is 29.3 Å². The first-order valence-electron chi connectivity index (χ1n) is 7.36. The summed E-state index contributed by atoms with van der Waals surface area (Å²) in [5.74, 6) is 0.418. The molecular formula is C17H21NO4S. The van der Waals surface area contributed by atoms with E-state index in [2.05, 4.69) is 0 Å². The van der Waals surface area contributed by atoms with Gasteiger partial charge in [0.05, 0.1) is 25.2 Å². The summed E-state index contributed by atoms with van der Waals surface area (Å²) < 4.78 is 9.89. The minimum absolute atomic E-state index is 0.0660. The summed E-state index contributed by atoms with van der Waals surface area (Å²) in [5, 5.41) is 1.75. The Bertz CT molecular complexity index is 610. The van der Waals surface area contributed by atoms with Gasteiger partial charge in [0.15, 0.2) is 0 Å². The Labute approximate surface area is 140 Å². The van der Waals surface area contributed by atoms with E-state index in [-0.39, 0.29) is 23.6 Å². The number of hydrogen-bond donors (Lipinski definition) is 0. The molecule has 1 aromatic carbocycles. The Hall–Kier alpha value is -1.95. The molecular weight excluding hydrogens is 314 g/mol. The molecule has 0 saturated carbocycles. The van der Waals surface area contributed by atoms with E-state index in [1.807, 2.05) is 43.5 Å². The van der Waals surface area contributed by atoms with Crippen molar-refractivity contribution in [2.24, 2.45) is 5.92 Å². The average Bonchev–Trinajstić information content (AvgIpc) is 2.56. The second-order valence-electron chi connectivity index (χ2n) is 5.53. The molecule has 0 aliphatic carbocycles. The summed E-state index contributed by atoms with van der Waals surface area (Å²) >= 11 is 1.49. The van der Waals surface area contributed by atoms with Gasteiger partial charge in [0.25, 0.3) is 0 Å². The fraction of sp³-hybridized carbons (Fsp3) is 0.412. The molecule has 0 radical (unpaired) electrons. The predicted octanol–water partition coefficient (Wildman–Crippen LogP) is 2.77. The number of carbonyl (C=O) groups is 2. The van der Waals surface area contributed by atoms with Gasteiger partial charge >= 0.3 is 5.97 Å². The minimum atomic E-state index is -0.438. The van der Waals surface area contributed by atoms with Crippen LogP contribution in [0.25, 0.3) is 5.70 Å². The zero-order valence-electron chi connectivity index (χ0n) is 13.7. The molecule has 5 nitrogen and oxygen atoms in total. The maximum atomic E-state index is 12.8. The highest BCUT2D eigenvalue weighted by Crippen LogP contribution is 2.35. The van der Waals surface area contributed by atoms with Crippen LogP contribution in [0.2, 0.25) is 0 Å². The van der Waals surface area contributed by atoms with E-state index >= 15 is 0 Å². The Balaban J connectivity index is 2.36. The van der Waals surface area contributed by atoms with Gasteiger partial charge in [-0.25, -0.2) is 0 Å². The van der Waals surface area contributed by atoms with E-state index in [0.29, 0.717) is 5.70 Å². The quantitative estimate of drug-likeness (QED) is 0.775. The summed E-state index contributed by atoms with van der Waals surface area (Å²) in [6.07, 6.45) is 0. The topological polar surface area (TPSA) is 55.8 Å². The number of thioether (sulfide) groups is 1. The molecule has 0 bridgehead atoms. The van der Waals surface area contributed by atoms with Crippen LogP contribution in [0.4, 0.5) is 0 Å². The number of amides is 1. The van der Waals surface area contributed by atoms with Gasteiger partial charge in [-0.3, -0.25) is 14.5 Å². The number of esters is 1. The molecule has 6 heteroatoms. The minimum Gasteiger partial charge on any atom is -0.497 e. The van der Waals surface area contributed by atoms with Crippen molar-refractivity contribution in [3.05, 3.63) is 35.2 Å². The summed E-state index contributed by atoms with van der Waals surface area (Å²) in [6.45, 7) is 3.91. The van der Waals surface area contributed by atoms with Crippen molar-refractivity contribution in [3.63, 3.8) is 0 Å². The maximum Gasteiger partial charge on any atom is 0.325 e. The second-order valence-corrected chi connectivity index (χ2v) is 6.55. The largest absolute Gasteiger partial charge is 0.497 e. The molecule has 1 heterocycles. The normalized spacial score (nSPS) is 18.0. The van der Waals surface area contributed by atoms with Crippen molar-refractivity contribution in [1.29, 1.82) is 0 Å². The molecule has 0 spiro atoms. The van der Waals surface area contributed by atoms with E-state index in [9.17, 15) is 9.59 Å².